The fourth-order valence-electron chi connectivity index (χ4n) is 11.5. The van der Waals surface area contributed by atoms with Gasteiger partial charge in [-0.1, -0.05) is 56.8 Å². The number of carboxylic acid groups (broad SMARTS) is 2. The Morgan fingerprint density at radius 3 is 1.94 bits per heavy atom. The van der Waals surface area contributed by atoms with Gasteiger partial charge in [0.2, 0.25) is 5.92 Å². The number of halogens is 4. The quantitative estimate of drug-likeness (QED) is 0.205. The maximum atomic E-state index is 14.4. The predicted octanol–water partition coefficient (Wildman–Crippen LogP) is 11.0. The monoisotopic (exact) mass is 720 g/mol. The van der Waals surface area contributed by atoms with Gasteiger partial charge in [-0.2, -0.15) is 0 Å². The largest absolute Gasteiger partial charge is 0.505 e. The Balaban J connectivity index is 1.20. The van der Waals surface area contributed by atoms with Gasteiger partial charge in [-0.3, -0.25) is 0 Å². The maximum Gasteiger partial charge on any atom is 0.339 e. The molecule has 4 N–H and O–H groups in total. The highest BCUT2D eigenvalue weighted by molar-refractivity contribution is 6.33. The van der Waals surface area contributed by atoms with Gasteiger partial charge in [-0.25, -0.2) is 18.4 Å². The number of phenols is 2. The van der Waals surface area contributed by atoms with Crippen molar-refractivity contribution in [3.63, 3.8) is 0 Å². The lowest BCUT2D eigenvalue weighted by molar-refractivity contribution is -0.164. The molecule has 0 amide bonds. The zero-order chi connectivity index (χ0) is 35.6. The van der Waals surface area contributed by atoms with E-state index in [0.717, 1.165) is 44.9 Å². The van der Waals surface area contributed by atoms with E-state index in [0.29, 0.717) is 53.6 Å². The number of aromatic hydroxyl groups is 2. The Morgan fingerprint density at radius 1 is 0.796 bits per heavy atom. The molecule has 0 aliphatic heterocycles. The molecule has 0 aromatic heterocycles. The molecule has 49 heavy (non-hydrogen) atoms. The van der Waals surface area contributed by atoms with Crippen LogP contribution in [0.2, 0.25) is 10.0 Å². The van der Waals surface area contributed by atoms with E-state index >= 15 is 0 Å². The van der Waals surface area contributed by atoms with Crippen LogP contribution in [0.25, 0.3) is 0 Å². The second-order valence-corrected chi connectivity index (χ2v) is 17.1. The van der Waals surface area contributed by atoms with Gasteiger partial charge < -0.3 is 20.4 Å². The highest BCUT2D eigenvalue weighted by atomic mass is 35.5. The van der Waals surface area contributed by atoms with Crippen LogP contribution in [0.1, 0.15) is 136 Å². The minimum atomic E-state index is -2.52. The fourth-order valence-corrected chi connectivity index (χ4v) is 11.9. The molecule has 2 aromatic carbocycles. The third-order valence-electron chi connectivity index (χ3n) is 14.0. The summed E-state index contributed by atoms with van der Waals surface area (Å²) in [7, 11) is 0. The van der Waals surface area contributed by atoms with Crippen molar-refractivity contribution in [1.82, 2.24) is 0 Å². The van der Waals surface area contributed by atoms with E-state index in [-0.39, 0.29) is 50.8 Å². The minimum Gasteiger partial charge on any atom is -0.505 e. The van der Waals surface area contributed by atoms with Crippen molar-refractivity contribution in [2.45, 2.75) is 110 Å². The van der Waals surface area contributed by atoms with Crippen LogP contribution in [0, 0.1) is 46.3 Å². The van der Waals surface area contributed by atoms with Gasteiger partial charge in [0.05, 0.1) is 10.0 Å². The molecular weight excluding hydrogens is 673 g/mol. The lowest BCUT2D eigenvalue weighted by Crippen LogP contribution is -2.55. The maximum absolute atomic E-state index is 14.4. The number of hydrogen-bond acceptors (Lipinski definition) is 4. The summed E-state index contributed by atoms with van der Waals surface area (Å²) in [6, 6.07) is 5.73. The number of fused-ring (bicyclic) bond motifs is 5. The molecule has 4 aliphatic rings. The third kappa shape index (κ3) is 6.43. The van der Waals surface area contributed by atoms with Crippen molar-refractivity contribution in [1.29, 1.82) is 0 Å². The Hall–Kier alpha value is -2.58. The van der Waals surface area contributed by atoms with Crippen LogP contribution in [0.3, 0.4) is 0 Å². The summed E-state index contributed by atoms with van der Waals surface area (Å²) in [6.07, 6.45) is 9.45. The van der Waals surface area contributed by atoms with Crippen LogP contribution in [-0.4, -0.2) is 38.3 Å². The standard InChI is InChI=1S/C39H48Cl2F2O6/c1-20(28-9-10-29-25-8-7-23-19-39(42,43)14-13-37(23,2)30(25)11-12-38(28,29)3)5-4-6-24(21-15-26(35(46)47)33(44)31(40)17-21)22-16-27(36(48)49)34(45)32(41)18-22/h15-18,20,23-25,28-30,44-45H,4-14,19H2,1-3H3,(H,46,47)(H,48,49)/t20-,23?,25?,28-,29?,30?,37+,38-/m1/s1. The lowest BCUT2D eigenvalue weighted by Gasteiger charge is -2.61. The summed E-state index contributed by atoms with van der Waals surface area (Å²) >= 11 is 12.6. The molecule has 6 nitrogen and oxygen atoms in total. The third-order valence-corrected chi connectivity index (χ3v) is 14.6. The SMILES string of the molecule is C[C@H](CCCC(c1cc(Cl)c(O)c(C(=O)O)c1)c1cc(Cl)c(O)c(C(=O)O)c1)[C@H]1CCC2C3CCC4CC(F)(F)CC[C@]4(C)C3CC[C@@]21C. The molecule has 2 aromatic rings. The Labute approximate surface area is 297 Å². The molecule has 4 saturated carbocycles. The van der Waals surface area contributed by atoms with E-state index in [2.05, 4.69) is 20.8 Å². The zero-order valence-corrected chi connectivity index (χ0v) is 30.0. The fraction of sp³-hybridized carbons (Fsp3) is 0.641. The molecule has 4 aliphatic carbocycles. The van der Waals surface area contributed by atoms with Gasteiger partial charge in [0, 0.05) is 18.8 Å². The first-order valence-electron chi connectivity index (χ1n) is 17.9. The van der Waals surface area contributed by atoms with Crippen molar-refractivity contribution in [3.05, 3.63) is 56.6 Å². The molecule has 0 heterocycles. The summed E-state index contributed by atoms with van der Waals surface area (Å²) in [4.78, 5) is 23.9. The molecule has 0 saturated heterocycles. The summed E-state index contributed by atoms with van der Waals surface area (Å²) < 4.78 is 28.8. The van der Waals surface area contributed by atoms with E-state index in [9.17, 15) is 38.8 Å². The zero-order valence-electron chi connectivity index (χ0n) is 28.5. The summed E-state index contributed by atoms with van der Waals surface area (Å²) in [5.74, 6) is -4.00. The Bertz CT molecular complexity index is 1560. The molecule has 0 radical (unpaired) electrons. The number of alkyl halides is 2. The van der Waals surface area contributed by atoms with Gasteiger partial charge in [0.25, 0.3) is 0 Å². The smallest absolute Gasteiger partial charge is 0.339 e. The first-order valence-corrected chi connectivity index (χ1v) is 18.6. The van der Waals surface area contributed by atoms with Crippen LogP contribution in [0.4, 0.5) is 8.78 Å². The average Bonchev–Trinajstić information content (AvgIpc) is 3.39. The number of carbonyl (C=O) groups is 2. The van der Waals surface area contributed by atoms with E-state index in [1.807, 2.05) is 0 Å². The van der Waals surface area contributed by atoms with E-state index in [1.165, 1.54) is 30.7 Å². The summed E-state index contributed by atoms with van der Waals surface area (Å²) in [5, 5.41) is 39.9. The lowest BCUT2D eigenvalue weighted by atomic mass is 9.44. The molecule has 4 fully saturated rings. The van der Waals surface area contributed by atoms with Crippen molar-refractivity contribution in [3.8, 4) is 11.5 Å². The molecule has 0 spiro atoms. The number of aromatic carboxylic acids is 2. The molecule has 268 valence electrons. The second kappa shape index (κ2) is 13.2. The molecule has 4 unspecified atom stereocenters. The van der Waals surface area contributed by atoms with Crippen molar-refractivity contribution in [2.24, 2.45) is 46.3 Å². The summed E-state index contributed by atoms with van der Waals surface area (Å²) in [6.45, 7) is 7.12. The van der Waals surface area contributed by atoms with Gasteiger partial charge in [0.15, 0.2) is 0 Å². The molecule has 6 rings (SSSR count). The van der Waals surface area contributed by atoms with Crippen LogP contribution in [-0.2, 0) is 0 Å². The van der Waals surface area contributed by atoms with Gasteiger partial charge in [0.1, 0.15) is 22.6 Å². The van der Waals surface area contributed by atoms with Crippen LogP contribution < -0.4 is 0 Å². The number of rotatable bonds is 9. The van der Waals surface area contributed by atoms with Crippen molar-refractivity contribution >= 4 is 35.1 Å². The van der Waals surface area contributed by atoms with Crippen LogP contribution in [0.5, 0.6) is 11.5 Å². The van der Waals surface area contributed by atoms with Crippen LogP contribution >= 0.6 is 23.2 Å². The number of hydrogen-bond donors (Lipinski definition) is 4. The topological polar surface area (TPSA) is 115 Å². The molecular formula is C39H48Cl2F2O6. The van der Waals surface area contributed by atoms with Gasteiger partial charge >= 0.3 is 11.9 Å². The first-order chi connectivity index (χ1) is 23.0. The normalized spacial score (nSPS) is 32.6. The van der Waals surface area contributed by atoms with E-state index in [1.54, 1.807) is 0 Å². The molecule has 8 atom stereocenters. The Morgan fingerprint density at radius 2 is 1.37 bits per heavy atom. The minimum absolute atomic E-state index is 0.0138. The van der Waals surface area contributed by atoms with Crippen LogP contribution in [0.15, 0.2) is 24.3 Å². The number of benzene rings is 2. The van der Waals surface area contributed by atoms with E-state index in [4.69, 9.17) is 23.2 Å². The van der Waals surface area contributed by atoms with Crippen molar-refractivity contribution in [2.75, 3.05) is 0 Å². The van der Waals surface area contributed by atoms with Gasteiger partial charge in [-0.15, -0.1) is 0 Å². The molecule has 10 heteroatoms. The highest BCUT2D eigenvalue weighted by Gasteiger charge is 2.62. The highest BCUT2D eigenvalue weighted by Crippen LogP contribution is 2.69. The second-order valence-electron chi connectivity index (χ2n) is 16.3. The molecule has 0 bridgehead atoms. The summed E-state index contributed by atoms with van der Waals surface area (Å²) in [5.41, 5.74) is 0.510. The first kappa shape index (κ1) is 36.2. The van der Waals surface area contributed by atoms with E-state index < -0.39 is 35.3 Å². The number of carboxylic acids is 2. The average molecular weight is 722 g/mol. The van der Waals surface area contributed by atoms with Gasteiger partial charge in [-0.05, 0) is 133 Å². The van der Waals surface area contributed by atoms with Crippen molar-refractivity contribution < 1.29 is 38.8 Å². The predicted molar refractivity (Wildman–Crippen MR) is 185 cm³/mol. The Kier molecular flexibility index (Phi) is 9.75.